The number of hydrogen-bond acceptors (Lipinski definition) is 3. The lowest BCUT2D eigenvalue weighted by Gasteiger charge is -2.16. The van der Waals surface area contributed by atoms with Gasteiger partial charge in [-0.2, -0.15) is 0 Å². The Bertz CT molecular complexity index is 390. The highest BCUT2D eigenvalue weighted by atomic mass is 16.5. The summed E-state index contributed by atoms with van der Waals surface area (Å²) in [7, 11) is 3.30. The summed E-state index contributed by atoms with van der Waals surface area (Å²) >= 11 is 0. The average molecular weight is 237 g/mol. The molecular weight excluding hydrogens is 218 g/mol. The third-order valence-corrected chi connectivity index (χ3v) is 2.69. The zero-order chi connectivity index (χ0) is 12.8. The summed E-state index contributed by atoms with van der Waals surface area (Å²) in [6.07, 6.45) is 0.327. The second-order valence-corrected chi connectivity index (χ2v) is 4.02. The zero-order valence-electron chi connectivity index (χ0n) is 10.6. The first-order chi connectivity index (χ1) is 8.08. The van der Waals surface area contributed by atoms with Gasteiger partial charge in [-0.15, -0.1) is 0 Å². The minimum absolute atomic E-state index is 0.00930. The van der Waals surface area contributed by atoms with E-state index in [0.717, 1.165) is 16.9 Å². The fourth-order valence-corrected chi connectivity index (χ4v) is 1.56. The molecule has 0 unspecified atom stereocenters. The molecule has 0 saturated carbocycles. The Morgan fingerprint density at radius 1 is 1.47 bits per heavy atom. The van der Waals surface area contributed by atoms with E-state index in [2.05, 4.69) is 0 Å². The second kappa shape index (κ2) is 6.25. The SMILES string of the molecule is COc1cc(CC(=O)N(C)CCO)ccc1C. The normalized spacial score (nSPS) is 10.1. The number of ether oxygens (including phenoxy) is 1. The highest BCUT2D eigenvalue weighted by molar-refractivity contribution is 5.78. The number of carbonyl (C=O) groups is 1. The van der Waals surface area contributed by atoms with E-state index in [9.17, 15) is 4.79 Å². The minimum atomic E-state index is -0.0144. The van der Waals surface area contributed by atoms with Crippen molar-refractivity contribution in [2.45, 2.75) is 13.3 Å². The summed E-state index contributed by atoms with van der Waals surface area (Å²) in [6.45, 7) is 2.31. The van der Waals surface area contributed by atoms with Crippen LogP contribution in [0.5, 0.6) is 5.75 Å². The molecule has 94 valence electrons. The standard InChI is InChI=1S/C13H19NO3/c1-10-4-5-11(8-12(10)17-3)9-13(16)14(2)6-7-15/h4-5,8,15H,6-7,9H2,1-3H3. The van der Waals surface area contributed by atoms with Crippen molar-refractivity contribution in [2.75, 3.05) is 27.3 Å². The molecule has 17 heavy (non-hydrogen) atoms. The van der Waals surface area contributed by atoms with Crippen molar-refractivity contribution in [1.82, 2.24) is 4.90 Å². The molecule has 4 nitrogen and oxygen atoms in total. The van der Waals surface area contributed by atoms with Crippen LogP contribution in [0.3, 0.4) is 0 Å². The summed E-state index contributed by atoms with van der Waals surface area (Å²) in [6, 6.07) is 5.73. The predicted octanol–water partition coefficient (Wildman–Crippen LogP) is 0.997. The average Bonchev–Trinajstić information content (AvgIpc) is 2.31. The monoisotopic (exact) mass is 237 g/mol. The van der Waals surface area contributed by atoms with Gasteiger partial charge in [-0.3, -0.25) is 4.79 Å². The van der Waals surface area contributed by atoms with Crippen molar-refractivity contribution in [3.8, 4) is 5.75 Å². The summed E-state index contributed by atoms with van der Waals surface area (Å²) in [5.74, 6) is 0.782. The number of benzene rings is 1. The minimum Gasteiger partial charge on any atom is -0.496 e. The van der Waals surface area contributed by atoms with Gasteiger partial charge in [0.25, 0.3) is 0 Å². The van der Waals surface area contributed by atoms with Gasteiger partial charge in [0.05, 0.1) is 20.1 Å². The van der Waals surface area contributed by atoms with Gasteiger partial charge in [-0.05, 0) is 24.1 Å². The van der Waals surface area contributed by atoms with Crippen molar-refractivity contribution in [3.63, 3.8) is 0 Å². The Balaban J connectivity index is 2.71. The molecule has 1 aromatic carbocycles. The Kier molecular flexibility index (Phi) is 4.97. The molecular formula is C13H19NO3. The number of aryl methyl sites for hydroxylation is 1. The van der Waals surface area contributed by atoms with Crippen LogP contribution in [0.4, 0.5) is 0 Å². The highest BCUT2D eigenvalue weighted by Gasteiger charge is 2.10. The van der Waals surface area contributed by atoms with Crippen LogP contribution in [-0.4, -0.2) is 43.2 Å². The van der Waals surface area contributed by atoms with Crippen molar-refractivity contribution >= 4 is 5.91 Å². The van der Waals surface area contributed by atoms with E-state index in [1.54, 1.807) is 14.2 Å². The van der Waals surface area contributed by atoms with Gasteiger partial charge in [0.1, 0.15) is 5.75 Å². The molecule has 0 aliphatic heterocycles. The first-order valence-electron chi connectivity index (χ1n) is 5.56. The molecule has 0 aliphatic carbocycles. The molecule has 1 rings (SSSR count). The zero-order valence-corrected chi connectivity index (χ0v) is 10.6. The molecule has 1 amide bonds. The van der Waals surface area contributed by atoms with E-state index in [4.69, 9.17) is 9.84 Å². The number of methoxy groups -OCH3 is 1. The van der Waals surface area contributed by atoms with Crippen LogP contribution in [0.1, 0.15) is 11.1 Å². The topological polar surface area (TPSA) is 49.8 Å². The molecule has 0 aliphatic rings. The lowest BCUT2D eigenvalue weighted by Crippen LogP contribution is -2.30. The first-order valence-corrected chi connectivity index (χ1v) is 5.56. The number of rotatable bonds is 5. The highest BCUT2D eigenvalue weighted by Crippen LogP contribution is 2.19. The van der Waals surface area contributed by atoms with Crippen LogP contribution in [0.25, 0.3) is 0 Å². The molecule has 0 spiro atoms. The quantitative estimate of drug-likeness (QED) is 0.831. The van der Waals surface area contributed by atoms with Crippen LogP contribution in [0, 0.1) is 6.92 Å². The van der Waals surface area contributed by atoms with Crippen LogP contribution in [0.15, 0.2) is 18.2 Å². The lowest BCUT2D eigenvalue weighted by molar-refractivity contribution is -0.129. The van der Waals surface area contributed by atoms with Gasteiger partial charge < -0.3 is 14.7 Å². The summed E-state index contributed by atoms with van der Waals surface area (Å²) in [4.78, 5) is 13.3. The smallest absolute Gasteiger partial charge is 0.226 e. The number of carbonyl (C=O) groups excluding carboxylic acids is 1. The molecule has 0 bridgehead atoms. The van der Waals surface area contributed by atoms with Crippen molar-refractivity contribution in [2.24, 2.45) is 0 Å². The fourth-order valence-electron chi connectivity index (χ4n) is 1.56. The molecule has 0 saturated heterocycles. The van der Waals surface area contributed by atoms with E-state index in [1.165, 1.54) is 4.90 Å². The number of aliphatic hydroxyl groups excluding tert-OH is 1. The van der Waals surface area contributed by atoms with Crippen LogP contribution >= 0.6 is 0 Å². The molecule has 4 heteroatoms. The van der Waals surface area contributed by atoms with Gasteiger partial charge in [0.15, 0.2) is 0 Å². The Hall–Kier alpha value is -1.55. The number of hydrogen-bond donors (Lipinski definition) is 1. The van der Waals surface area contributed by atoms with Crippen LogP contribution in [0.2, 0.25) is 0 Å². The number of likely N-dealkylation sites (N-methyl/N-ethyl adjacent to an activating group) is 1. The number of amides is 1. The Labute approximate surface area is 102 Å². The van der Waals surface area contributed by atoms with E-state index in [1.807, 2.05) is 25.1 Å². The summed E-state index contributed by atoms with van der Waals surface area (Å²) < 4.78 is 5.21. The molecule has 0 aromatic heterocycles. The van der Waals surface area contributed by atoms with Crippen LogP contribution in [-0.2, 0) is 11.2 Å². The van der Waals surface area contributed by atoms with Gasteiger partial charge in [0.2, 0.25) is 5.91 Å². The number of nitrogens with zero attached hydrogens (tertiary/aromatic N) is 1. The van der Waals surface area contributed by atoms with E-state index >= 15 is 0 Å². The maximum atomic E-state index is 11.8. The van der Waals surface area contributed by atoms with Gasteiger partial charge in [0, 0.05) is 13.6 Å². The maximum absolute atomic E-state index is 11.8. The Morgan fingerprint density at radius 2 is 2.18 bits per heavy atom. The molecule has 0 radical (unpaired) electrons. The molecule has 0 atom stereocenters. The van der Waals surface area contributed by atoms with Crippen molar-refractivity contribution < 1.29 is 14.6 Å². The van der Waals surface area contributed by atoms with Crippen LogP contribution < -0.4 is 4.74 Å². The second-order valence-electron chi connectivity index (χ2n) is 4.02. The van der Waals surface area contributed by atoms with E-state index in [0.29, 0.717) is 13.0 Å². The van der Waals surface area contributed by atoms with Crippen molar-refractivity contribution in [1.29, 1.82) is 0 Å². The van der Waals surface area contributed by atoms with E-state index < -0.39 is 0 Å². The predicted molar refractivity (Wildman–Crippen MR) is 66.2 cm³/mol. The third-order valence-electron chi connectivity index (χ3n) is 2.69. The van der Waals surface area contributed by atoms with Gasteiger partial charge >= 0.3 is 0 Å². The first kappa shape index (κ1) is 13.5. The molecule has 1 N–H and O–H groups in total. The molecule has 0 fully saturated rings. The van der Waals surface area contributed by atoms with Crippen molar-refractivity contribution in [3.05, 3.63) is 29.3 Å². The molecule has 0 heterocycles. The third kappa shape index (κ3) is 3.75. The van der Waals surface area contributed by atoms with E-state index in [-0.39, 0.29) is 12.5 Å². The lowest BCUT2D eigenvalue weighted by atomic mass is 10.1. The fraction of sp³-hybridized carbons (Fsp3) is 0.462. The largest absolute Gasteiger partial charge is 0.496 e. The van der Waals surface area contributed by atoms with Gasteiger partial charge in [-0.25, -0.2) is 0 Å². The maximum Gasteiger partial charge on any atom is 0.226 e. The van der Waals surface area contributed by atoms with Gasteiger partial charge in [-0.1, -0.05) is 12.1 Å². The summed E-state index contributed by atoms with van der Waals surface area (Å²) in [5.41, 5.74) is 1.97. The summed E-state index contributed by atoms with van der Waals surface area (Å²) in [5, 5.41) is 8.76. The number of aliphatic hydroxyl groups is 1. The Morgan fingerprint density at radius 3 is 2.76 bits per heavy atom. The molecule has 1 aromatic rings.